The van der Waals surface area contributed by atoms with Gasteiger partial charge in [0, 0.05) is 33.9 Å². The first-order chi connectivity index (χ1) is 10.2. The van der Waals surface area contributed by atoms with Gasteiger partial charge in [-0.05, 0) is 43.5 Å². The average Bonchev–Trinajstić information content (AvgIpc) is 3.09. The number of rotatable bonds is 2. The van der Waals surface area contributed by atoms with Gasteiger partial charge in [0.2, 0.25) is 0 Å². The number of para-hydroxylation sites is 1. The summed E-state index contributed by atoms with van der Waals surface area (Å²) in [5, 5.41) is 2.69. The molecule has 0 saturated heterocycles. The van der Waals surface area contributed by atoms with Gasteiger partial charge in [0.05, 0.1) is 0 Å². The second-order valence-corrected chi connectivity index (χ2v) is 6.36. The van der Waals surface area contributed by atoms with Crippen LogP contribution in [0.4, 0.5) is 0 Å². The molecule has 2 heteroatoms. The molecular formula is C19H22N2. The van der Waals surface area contributed by atoms with E-state index in [1.54, 1.807) is 0 Å². The molecule has 1 fully saturated rings. The Bertz CT molecular complexity index is 807. The van der Waals surface area contributed by atoms with Crippen LogP contribution in [0.25, 0.3) is 21.8 Å². The Labute approximate surface area is 125 Å². The van der Waals surface area contributed by atoms with Crippen LogP contribution in [0.5, 0.6) is 0 Å². The van der Waals surface area contributed by atoms with Gasteiger partial charge in [-0.25, -0.2) is 0 Å². The number of aromatic nitrogens is 1. The van der Waals surface area contributed by atoms with Crippen molar-refractivity contribution in [3.8, 4) is 0 Å². The molecule has 3 aromatic rings. The van der Waals surface area contributed by atoms with Crippen molar-refractivity contribution in [1.82, 2.24) is 4.57 Å². The molecule has 2 nitrogen and oxygen atoms in total. The Balaban J connectivity index is 2.01. The van der Waals surface area contributed by atoms with Gasteiger partial charge in [-0.15, -0.1) is 0 Å². The second kappa shape index (κ2) is 4.60. The van der Waals surface area contributed by atoms with Gasteiger partial charge < -0.3 is 10.3 Å². The normalized spacial score (nSPS) is 17.8. The summed E-state index contributed by atoms with van der Waals surface area (Å²) in [4.78, 5) is 0. The lowest BCUT2D eigenvalue weighted by molar-refractivity contribution is 0.462. The van der Waals surface area contributed by atoms with E-state index in [9.17, 15) is 0 Å². The quantitative estimate of drug-likeness (QED) is 0.733. The second-order valence-electron chi connectivity index (χ2n) is 6.36. The van der Waals surface area contributed by atoms with Gasteiger partial charge in [0.15, 0.2) is 0 Å². The maximum absolute atomic E-state index is 6.65. The Morgan fingerprint density at radius 2 is 1.71 bits per heavy atom. The Hall–Kier alpha value is -1.80. The average molecular weight is 278 g/mol. The zero-order chi connectivity index (χ0) is 14.4. The standard InChI is InChI=1S/C19H22N2/c1-2-21-17-8-4-3-7-15(17)16-13-14(9-10-18(16)21)19(20)11-5-6-12-19/h3-4,7-10,13H,2,5-6,11-12,20H2,1H3. The van der Waals surface area contributed by atoms with Crippen LogP contribution in [-0.2, 0) is 12.1 Å². The van der Waals surface area contributed by atoms with Crippen LogP contribution < -0.4 is 5.73 Å². The van der Waals surface area contributed by atoms with Gasteiger partial charge in [-0.1, -0.05) is 37.1 Å². The zero-order valence-corrected chi connectivity index (χ0v) is 12.6. The molecule has 0 bridgehead atoms. The molecule has 0 atom stereocenters. The molecule has 2 aromatic carbocycles. The smallest absolute Gasteiger partial charge is 0.0491 e. The Kier molecular flexibility index (Phi) is 2.83. The minimum absolute atomic E-state index is 0.108. The summed E-state index contributed by atoms with van der Waals surface area (Å²) in [6, 6.07) is 15.5. The van der Waals surface area contributed by atoms with Gasteiger partial charge in [-0.3, -0.25) is 0 Å². The van der Waals surface area contributed by atoms with Gasteiger partial charge in [0.1, 0.15) is 0 Å². The van der Waals surface area contributed by atoms with E-state index in [1.807, 2.05) is 0 Å². The third-order valence-corrected chi connectivity index (χ3v) is 5.16. The van der Waals surface area contributed by atoms with E-state index in [2.05, 4.69) is 54.0 Å². The minimum Gasteiger partial charge on any atom is -0.341 e. The van der Waals surface area contributed by atoms with Crippen molar-refractivity contribution < 1.29 is 0 Å². The molecule has 1 aliphatic rings. The number of fused-ring (bicyclic) bond motifs is 3. The molecule has 0 aliphatic heterocycles. The summed E-state index contributed by atoms with van der Waals surface area (Å²) in [6.07, 6.45) is 4.74. The van der Waals surface area contributed by atoms with E-state index in [-0.39, 0.29) is 5.54 Å². The van der Waals surface area contributed by atoms with Crippen molar-refractivity contribution in [2.45, 2.75) is 44.7 Å². The highest BCUT2D eigenvalue weighted by molar-refractivity contribution is 6.08. The van der Waals surface area contributed by atoms with Crippen LogP contribution in [-0.4, -0.2) is 4.57 Å². The molecule has 0 amide bonds. The van der Waals surface area contributed by atoms with Gasteiger partial charge in [0.25, 0.3) is 0 Å². The van der Waals surface area contributed by atoms with Crippen molar-refractivity contribution in [2.75, 3.05) is 0 Å². The van der Waals surface area contributed by atoms with Crippen molar-refractivity contribution >= 4 is 21.8 Å². The van der Waals surface area contributed by atoms with E-state index in [0.717, 1.165) is 19.4 Å². The first-order valence-electron chi connectivity index (χ1n) is 8.03. The minimum atomic E-state index is -0.108. The van der Waals surface area contributed by atoms with E-state index < -0.39 is 0 Å². The first-order valence-corrected chi connectivity index (χ1v) is 8.03. The van der Waals surface area contributed by atoms with E-state index in [4.69, 9.17) is 5.73 Å². The molecule has 4 rings (SSSR count). The number of aryl methyl sites for hydroxylation is 1. The zero-order valence-electron chi connectivity index (χ0n) is 12.6. The lowest BCUT2D eigenvalue weighted by atomic mass is 9.88. The summed E-state index contributed by atoms with van der Waals surface area (Å²) < 4.78 is 2.40. The third kappa shape index (κ3) is 1.82. The van der Waals surface area contributed by atoms with E-state index in [0.29, 0.717) is 0 Å². The van der Waals surface area contributed by atoms with Crippen LogP contribution >= 0.6 is 0 Å². The number of hydrogen-bond acceptors (Lipinski definition) is 1. The van der Waals surface area contributed by atoms with Crippen molar-refractivity contribution in [2.24, 2.45) is 5.73 Å². The molecule has 1 saturated carbocycles. The predicted octanol–water partition coefficient (Wildman–Crippen LogP) is 4.54. The number of nitrogens with zero attached hydrogens (tertiary/aromatic N) is 1. The van der Waals surface area contributed by atoms with E-state index in [1.165, 1.54) is 40.2 Å². The van der Waals surface area contributed by atoms with E-state index >= 15 is 0 Å². The first kappa shape index (κ1) is 12.9. The summed E-state index contributed by atoms with van der Waals surface area (Å²) >= 11 is 0. The molecule has 1 aliphatic carbocycles. The number of nitrogens with two attached hydrogens (primary N) is 1. The fourth-order valence-corrected chi connectivity index (χ4v) is 4.00. The predicted molar refractivity (Wildman–Crippen MR) is 89.5 cm³/mol. The monoisotopic (exact) mass is 278 g/mol. The van der Waals surface area contributed by atoms with Crippen molar-refractivity contribution in [3.63, 3.8) is 0 Å². The van der Waals surface area contributed by atoms with Crippen molar-refractivity contribution in [1.29, 1.82) is 0 Å². The number of benzene rings is 2. The fraction of sp³-hybridized carbons (Fsp3) is 0.368. The maximum Gasteiger partial charge on any atom is 0.0491 e. The highest BCUT2D eigenvalue weighted by Gasteiger charge is 2.31. The molecule has 0 spiro atoms. The highest BCUT2D eigenvalue weighted by atomic mass is 15.0. The van der Waals surface area contributed by atoms with Crippen LogP contribution in [0, 0.1) is 0 Å². The molecule has 1 heterocycles. The van der Waals surface area contributed by atoms with Gasteiger partial charge >= 0.3 is 0 Å². The lowest BCUT2D eigenvalue weighted by Crippen LogP contribution is -2.32. The summed E-state index contributed by atoms with van der Waals surface area (Å²) in [7, 11) is 0. The maximum atomic E-state index is 6.65. The number of hydrogen-bond donors (Lipinski definition) is 1. The Morgan fingerprint density at radius 1 is 1.00 bits per heavy atom. The Morgan fingerprint density at radius 3 is 2.48 bits per heavy atom. The van der Waals surface area contributed by atoms with Gasteiger partial charge in [-0.2, -0.15) is 0 Å². The lowest BCUT2D eigenvalue weighted by Gasteiger charge is -2.24. The van der Waals surface area contributed by atoms with Crippen molar-refractivity contribution in [3.05, 3.63) is 48.0 Å². The fourth-order valence-electron chi connectivity index (χ4n) is 4.00. The molecule has 21 heavy (non-hydrogen) atoms. The molecule has 2 N–H and O–H groups in total. The molecule has 0 radical (unpaired) electrons. The highest BCUT2D eigenvalue weighted by Crippen LogP contribution is 2.39. The van der Waals surface area contributed by atoms with Crippen LogP contribution in [0.1, 0.15) is 38.2 Å². The summed E-state index contributed by atoms with van der Waals surface area (Å²) in [5.41, 5.74) is 10.5. The molecular weight excluding hydrogens is 256 g/mol. The third-order valence-electron chi connectivity index (χ3n) is 5.16. The van der Waals surface area contributed by atoms with Crippen LogP contribution in [0.2, 0.25) is 0 Å². The topological polar surface area (TPSA) is 30.9 Å². The van der Waals surface area contributed by atoms with Crippen LogP contribution in [0.15, 0.2) is 42.5 Å². The SMILES string of the molecule is CCn1c2ccccc2c2cc(C3(N)CCCC3)ccc21. The molecule has 0 unspecified atom stereocenters. The largest absolute Gasteiger partial charge is 0.341 e. The molecule has 1 aromatic heterocycles. The summed E-state index contributed by atoms with van der Waals surface area (Å²) in [5.74, 6) is 0. The summed E-state index contributed by atoms with van der Waals surface area (Å²) in [6.45, 7) is 3.21. The van der Waals surface area contributed by atoms with Crippen LogP contribution in [0.3, 0.4) is 0 Å². The molecule has 108 valence electrons.